The number of fused-ring (bicyclic) bond motifs is 3. The number of aliphatic hydroxyl groups excluding tert-OH is 1. The highest BCUT2D eigenvalue weighted by Crippen LogP contribution is 2.51. The van der Waals surface area contributed by atoms with Gasteiger partial charge in [-0.15, -0.1) is 0 Å². The molecule has 0 radical (unpaired) electrons. The summed E-state index contributed by atoms with van der Waals surface area (Å²) in [6.07, 6.45) is 2.60. The lowest BCUT2D eigenvalue weighted by Gasteiger charge is -2.48. The summed E-state index contributed by atoms with van der Waals surface area (Å²) in [7, 11) is 4.86. The molecular weight excluding hydrogens is 386 g/mol. The fraction of sp³-hybridized carbons (Fsp3) is 0.478. The Bertz CT molecular complexity index is 936. The van der Waals surface area contributed by atoms with E-state index in [9.17, 15) is 5.11 Å². The second-order valence-corrected chi connectivity index (χ2v) is 7.94. The Morgan fingerprint density at radius 1 is 0.900 bits per heavy atom. The molecule has 30 heavy (non-hydrogen) atoms. The van der Waals surface area contributed by atoms with E-state index in [-0.39, 0.29) is 18.9 Å². The Hall–Kier alpha value is -2.64. The molecule has 0 aromatic heterocycles. The largest absolute Gasteiger partial charge is 0.493 e. The number of rotatable bonds is 4. The summed E-state index contributed by atoms with van der Waals surface area (Å²) in [5.74, 6) is 3.22. The lowest BCUT2D eigenvalue weighted by molar-refractivity contribution is -0.00786. The number of aliphatic hydroxyl groups is 1. The molecule has 2 aromatic carbocycles. The van der Waals surface area contributed by atoms with Gasteiger partial charge in [0.05, 0.1) is 33.5 Å². The monoisotopic (exact) mass is 413 g/mol. The van der Waals surface area contributed by atoms with E-state index in [1.807, 2.05) is 24.3 Å². The zero-order valence-corrected chi connectivity index (χ0v) is 17.5. The number of hydrogen-bond acceptors (Lipinski definition) is 7. The molecule has 0 amide bonds. The third-order valence-electron chi connectivity index (χ3n) is 6.48. The molecule has 5 rings (SSSR count). The van der Waals surface area contributed by atoms with Crippen molar-refractivity contribution >= 4 is 0 Å². The van der Waals surface area contributed by atoms with Crippen LogP contribution in [0.1, 0.15) is 48.1 Å². The van der Waals surface area contributed by atoms with Crippen molar-refractivity contribution in [3.63, 3.8) is 0 Å². The van der Waals surface area contributed by atoms with E-state index in [1.165, 1.54) is 0 Å². The molecule has 1 saturated heterocycles. The van der Waals surface area contributed by atoms with Gasteiger partial charge in [-0.05, 0) is 60.3 Å². The molecule has 0 spiro atoms. The number of ether oxygens (including phenoxy) is 5. The predicted octanol–water partition coefficient (Wildman–Crippen LogP) is 3.43. The average Bonchev–Trinajstić information content (AvgIpc) is 3.25. The van der Waals surface area contributed by atoms with Crippen LogP contribution in [0.3, 0.4) is 0 Å². The lowest BCUT2D eigenvalue weighted by Crippen LogP contribution is -2.49. The first-order chi connectivity index (χ1) is 14.7. The number of methoxy groups -OCH3 is 3. The van der Waals surface area contributed by atoms with Gasteiger partial charge in [0.15, 0.2) is 23.0 Å². The maximum atomic E-state index is 11.2. The number of benzene rings is 2. The molecule has 0 aliphatic carbocycles. The molecule has 0 unspecified atom stereocenters. The maximum Gasteiger partial charge on any atom is 0.231 e. The van der Waals surface area contributed by atoms with Gasteiger partial charge in [-0.25, -0.2) is 0 Å². The summed E-state index contributed by atoms with van der Waals surface area (Å²) in [6.45, 7) is 1.12. The molecule has 3 aliphatic rings. The van der Waals surface area contributed by atoms with Gasteiger partial charge < -0.3 is 28.8 Å². The highest BCUT2D eigenvalue weighted by Gasteiger charge is 2.43. The standard InChI is InChI=1S/C23H27NO6/c1-26-19-8-13(9-20(27-2)23(19)28-3)21-14-10-17-18(30-12-29-17)11-15(14)22(25)16-6-4-5-7-24(16)21/h8-11,16,21-22,25H,4-7,12H2,1-3H3/t16-,21-,22-/m1/s1. The summed E-state index contributed by atoms with van der Waals surface area (Å²) < 4.78 is 28.0. The molecule has 7 nitrogen and oxygen atoms in total. The molecule has 1 fully saturated rings. The van der Waals surface area contributed by atoms with Crippen LogP contribution in [0.15, 0.2) is 24.3 Å². The van der Waals surface area contributed by atoms with Gasteiger partial charge in [-0.1, -0.05) is 6.42 Å². The van der Waals surface area contributed by atoms with Crippen molar-refractivity contribution in [2.45, 2.75) is 37.5 Å². The van der Waals surface area contributed by atoms with Crippen molar-refractivity contribution in [1.29, 1.82) is 0 Å². The van der Waals surface area contributed by atoms with E-state index in [1.54, 1.807) is 21.3 Å². The van der Waals surface area contributed by atoms with Crippen LogP contribution in [0.4, 0.5) is 0 Å². The number of nitrogens with zero attached hydrogens (tertiary/aromatic N) is 1. The fourth-order valence-corrected chi connectivity index (χ4v) is 5.12. The molecule has 3 atom stereocenters. The van der Waals surface area contributed by atoms with Gasteiger partial charge in [0.2, 0.25) is 12.5 Å². The average molecular weight is 413 g/mol. The van der Waals surface area contributed by atoms with Gasteiger partial charge in [0.1, 0.15) is 0 Å². The van der Waals surface area contributed by atoms with E-state index in [0.29, 0.717) is 28.7 Å². The molecule has 3 aliphatic heterocycles. The Morgan fingerprint density at radius 3 is 2.20 bits per heavy atom. The molecule has 160 valence electrons. The van der Waals surface area contributed by atoms with Crippen LogP contribution in [0.2, 0.25) is 0 Å². The Balaban J connectivity index is 1.71. The van der Waals surface area contributed by atoms with Gasteiger partial charge in [-0.3, -0.25) is 4.90 Å². The summed E-state index contributed by atoms with van der Waals surface area (Å²) in [6, 6.07) is 7.96. The molecule has 2 aromatic rings. The van der Waals surface area contributed by atoms with Crippen molar-refractivity contribution in [2.24, 2.45) is 0 Å². The van der Waals surface area contributed by atoms with Crippen LogP contribution < -0.4 is 23.7 Å². The third kappa shape index (κ3) is 2.87. The summed E-state index contributed by atoms with van der Waals surface area (Å²) in [4.78, 5) is 2.40. The first kappa shape index (κ1) is 19.3. The second-order valence-electron chi connectivity index (χ2n) is 7.94. The van der Waals surface area contributed by atoms with Crippen LogP contribution in [0.25, 0.3) is 0 Å². The highest BCUT2D eigenvalue weighted by atomic mass is 16.7. The topological polar surface area (TPSA) is 69.6 Å². The molecular formula is C23H27NO6. The zero-order valence-electron chi connectivity index (χ0n) is 17.5. The van der Waals surface area contributed by atoms with Gasteiger partial charge in [-0.2, -0.15) is 0 Å². The van der Waals surface area contributed by atoms with Crippen molar-refractivity contribution < 1.29 is 28.8 Å². The number of hydrogen-bond donors (Lipinski definition) is 1. The van der Waals surface area contributed by atoms with Crippen LogP contribution >= 0.6 is 0 Å². The molecule has 7 heteroatoms. The molecule has 3 heterocycles. The number of piperidine rings is 1. The minimum Gasteiger partial charge on any atom is -0.493 e. The van der Waals surface area contributed by atoms with Crippen molar-refractivity contribution in [1.82, 2.24) is 4.90 Å². The summed E-state index contributed by atoms with van der Waals surface area (Å²) in [5, 5.41) is 11.2. The van der Waals surface area contributed by atoms with Crippen LogP contribution in [-0.2, 0) is 0 Å². The van der Waals surface area contributed by atoms with E-state index in [2.05, 4.69) is 4.90 Å². The Kier molecular flexibility index (Phi) is 4.87. The Morgan fingerprint density at radius 2 is 1.57 bits per heavy atom. The minimum atomic E-state index is -0.562. The SMILES string of the molecule is COc1cc([C@@H]2c3cc4c(cc3[C@@H](O)[C@H]3CCCCN23)OCO4)cc(OC)c1OC. The minimum absolute atomic E-state index is 0.0516. The van der Waals surface area contributed by atoms with Crippen LogP contribution in [0.5, 0.6) is 28.7 Å². The van der Waals surface area contributed by atoms with Crippen molar-refractivity contribution in [3.05, 3.63) is 41.0 Å². The van der Waals surface area contributed by atoms with E-state index >= 15 is 0 Å². The van der Waals surface area contributed by atoms with Crippen LogP contribution in [0, 0.1) is 0 Å². The predicted molar refractivity (Wildman–Crippen MR) is 110 cm³/mol. The van der Waals surface area contributed by atoms with E-state index < -0.39 is 6.10 Å². The molecule has 0 saturated carbocycles. The molecule has 1 N–H and O–H groups in total. The fourth-order valence-electron chi connectivity index (χ4n) is 5.12. The second kappa shape index (κ2) is 7.56. The maximum absolute atomic E-state index is 11.2. The smallest absolute Gasteiger partial charge is 0.231 e. The first-order valence-electron chi connectivity index (χ1n) is 10.3. The Labute approximate surface area is 176 Å². The van der Waals surface area contributed by atoms with Crippen molar-refractivity contribution in [3.8, 4) is 28.7 Å². The van der Waals surface area contributed by atoms with E-state index in [0.717, 1.165) is 42.5 Å². The normalized spacial score (nSPS) is 24.7. The van der Waals surface area contributed by atoms with E-state index in [4.69, 9.17) is 23.7 Å². The summed E-state index contributed by atoms with van der Waals surface area (Å²) >= 11 is 0. The lowest BCUT2D eigenvalue weighted by atomic mass is 9.79. The van der Waals surface area contributed by atoms with Gasteiger partial charge >= 0.3 is 0 Å². The molecule has 0 bridgehead atoms. The van der Waals surface area contributed by atoms with Gasteiger partial charge in [0, 0.05) is 6.04 Å². The highest BCUT2D eigenvalue weighted by molar-refractivity contribution is 5.58. The van der Waals surface area contributed by atoms with Crippen LogP contribution in [-0.4, -0.2) is 50.7 Å². The quantitative estimate of drug-likeness (QED) is 0.823. The zero-order chi connectivity index (χ0) is 20.8. The van der Waals surface area contributed by atoms with Gasteiger partial charge in [0.25, 0.3) is 0 Å². The third-order valence-corrected chi connectivity index (χ3v) is 6.48. The van der Waals surface area contributed by atoms with Crippen molar-refractivity contribution in [2.75, 3.05) is 34.7 Å². The summed E-state index contributed by atoms with van der Waals surface area (Å²) in [5.41, 5.74) is 2.96. The first-order valence-corrected chi connectivity index (χ1v) is 10.3.